The van der Waals surface area contributed by atoms with Crippen molar-refractivity contribution in [2.24, 2.45) is 0 Å². The van der Waals surface area contributed by atoms with Crippen molar-refractivity contribution in [2.75, 3.05) is 11.5 Å². The summed E-state index contributed by atoms with van der Waals surface area (Å²) in [6.07, 6.45) is 0. The summed E-state index contributed by atoms with van der Waals surface area (Å²) in [6, 6.07) is 12.9. The van der Waals surface area contributed by atoms with Crippen molar-refractivity contribution in [1.82, 2.24) is 0 Å². The summed E-state index contributed by atoms with van der Waals surface area (Å²) in [5, 5.41) is 0. The van der Waals surface area contributed by atoms with E-state index in [1.165, 1.54) is 0 Å². The van der Waals surface area contributed by atoms with Gasteiger partial charge in [-0.05, 0) is 48.9 Å². The van der Waals surface area contributed by atoms with Gasteiger partial charge >= 0.3 is 0 Å². The molecule has 0 heterocycles. The van der Waals surface area contributed by atoms with E-state index >= 15 is 0 Å². The van der Waals surface area contributed by atoms with Crippen molar-refractivity contribution in [2.45, 2.75) is 6.92 Å². The highest BCUT2D eigenvalue weighted by Crippen LogP contribution is 2.28. The quantitative estimate of drug-likeness (QED) is 0.755. The lowest BCUT2D eigenvalue weighted by atomic mass is 10.2. The second kappa shape index (κ2) is 4.14. The van der Waals surface area contributed by atoms with Gasteiger partial charge in [0.1, 0.15) is 11.5 Å². The van der Waals surface area contributed by atoms with Gasteiger partial charge in [0.15, 0.2) is 0 Å². The van der Waals surface area contributed by atoms with Crippen LogP contribution in [0.1, 0.15) is 5.56 Å². The molecule has 16 heavy (non-hydrogen) atoms. The van der Waals surface area contributed by atoms with Crippen LogP contribution in [0.25, 0.3) is 0 Å². The maximum atomic E-state index is 5.85. The molecule has 0 aliphatic carbocycles. The molecule has 3 nitrogen and oxygen atoms in total. The Labute approximate surface area is 94.6 Å². The van der Waals surface area contributed by atoms with Crippen LogP contribution in [0.4, 0.5) is 11.4 Å². The van der Waals surface area contributed by atoms with Crippen LogP contribution in [-0.2, 0) is 0 Å². The average molecular weight is 214 g/mol. The molecule has 0 atom stereocenters. The smallest absolute Gasteiger partial charge is 0.150 e. The molecule has 82 valence electrons. The number of nitrogen functional groups attached to an aromatic ring is 2. The first-order valence-electron chi connectivity index (χ1n) is 5.04. The molecular formula is C13H14N2O. The van der Waals surface area contributed by atoms with Crippen molar-refractivity contribution in [3.63, 3.8) is 0 Å². The zero-order valence-electron chi connectivity index (χ0n) is 9.10. The monoisotopic (exact) mass is 214 g/mol. The Hall–Kier alpha value is -2.16. The molecule has 0 radical (unpaired) electrons. The van der Waals surface area contributed by atoms with Gasteiger partial charge in [0.25, 0.3) is 0 Å². The lowest BCUT2D eigenvalue weighted by Crippen LogP contribution is -1.93. The Balaban J connectivity index is 2.23. The van der Waals surface area contributed by atoms with Crippen molar-refractivity contribution in [3.8, 4) is 11.5 Å². The maximum Gasteiger partial charge on any atom is 0.150 e. The molecule has 2 rings (SSSR count). The molecular weight excluding hydrogens is 200 g/mol. The number of anilines is 2. The molecule has 0 aromatic heterocycles. The Bertz CT molecular complexity index is 492. The first kappa shape index (κ1) is 10.4. The lowest BCUT2D eigenvalue weighted by molar-refractivity contribution is 0.485. The van der Waals surface area contributed by atoms with E-state index in [0.29, 0.717) is 17.1 Å². The third-order valence-electron chi connectivity index (χ3n) is 2.27. The average Bonchev–Trinajstić information content (AvgIpc) is 2.25. The standard InChI is InChI=1S/C13H14N2O/c1-9-2-7-13(12(15)8-9)16-11-5-3-10(14)4-6-11/h2-8H,14-15H2,1H3. The van der Waals surface area contributed by atoms with E-state index in [9.17, 15) is 0 Å². The highest BCUT2D eigenvalue weighted by molar-refractivity contribution is 5.55. The third-order valence-corrected chi connectivity index (χ3v) is 2.27. The van der Waals surface area contributed by atoms with Gasteiger partial charge in [-0.15, -0.1) is 0 Å². The van der Waals surface area contributed by atoms with Gasteiger partial charge < -0.3 is 16.2 Å². The minimum atomic E-state index is 0.636. The minimum absolute atomic E-state index is 0.636. The molecule has 0 bridgehead atoms. The van der Waals surface area contributed by atoms with E-state index in [-0.39, 0.29) is 0 Å². The number of nitrogens with two attached hydrogens (primary N) is 2. The molecule has 0 saturated heterocycles. The summed E-state index contributed by atoms with van der Waals surface area (Å²) < 4.78 is 5.64. The normalized spacial score (nSPS) is 10.1. The van der Waals surface area contributed by atoms with E-state index in [0.717, 1.165) is 11.3 Å². The van der Waals surface area contributed by atoms with Crippen LogP contribution < -0.4 is 16.2 Å². The Morgan fingerprint density at radius 2 is 1.62 bits per heavy atom. The Morgan fingerprint density at radius 1 is 0.938 bits per heavy atom. The molecule has 0 spiro atoms. The fourth-order valence-electron chi connectivity index (χ4n) is 1.42. The highest BCUT2D eigenvalue weighted by Gasteiger charge is 2.01. The van der Waals surface area contributed by atoms with E-state index in [1.807, 2.05) is 37.3 Å². The Morgan fingerprint density at radius 3 is 2.25 bits per heavy atom. The van der Waals surface area contributed by atoms with Crippen LogP contribution in [0.3, 0.4) is 0 Å². The first-order valence-corrected chi connectivity index (χ1v) is 5.04. The zero-order valence-corrected chi connectivity index (χ0v) is 9.10. The highest BCUT2D eigenvalue weighted by atomic mass is 16.5. The number of aryl methyl sites for hydroxylation is 1. The molecule has 4 N–H and O–H groups in total. The van der Waals surface area contributed by atoms with Crippen molar-refractivity contribution in [3.05, 3.63) is 48.0 Å². The third kappa shape index (κ3) is 2.25. The summed E-state index contributed by atoms with van der Waals surface area (Å²) in [7, 11) is 0. The van der Waals surface area contributed by atoms with Gasteiger partial charge in [-0.1, -0.05) is 6.07 Å². The summed E-state index contributed by atoms with van der Waals surface area (Å²) in [4.78, 5) is 0. The maximum absolute atomic E-state index is 5.85. The first-order chi connectivity index (χ1) is 7.65. The van der Waals surface area contributed by atoms with Gasteiger partial charge in [0.2, 0.25) is 0 Å². The van der Waals surface area contributed by atoms with Crippen LogP contribution in [0.5, 0.6) is 11.5 Å². The van der Waals surface area contributed by atoms with Gasteiger partial charge in [-0.3, -0.25) is 0 Å². The van der Waals surface area contributed by atoms with Crippen LogP contribution in [-0.4, -0.2) is 0 Å². The topological polar surface area (TPSA) is 61.3 Å². The van der Waals surface area contributed by atoms with Gasteiger partial charge in [-0.25, -0.2) is 0 Å². The molecule has 3 heteroatoms. The summed E-state index contributed by atoms with van der Waals surface area (Å²) in [5.74, 6) is 1.39. The fourth-order valence-corrected chi connectivity index (χ4v) is 1.42. The summed E-state index contributed by atoms with van der Waals surface area (Å²) in [6.45, 7) is 1.99. The summed E-state index contributed by atoms with van der Waals surface area (Å²) >= 11 is 0. The molecule has 2 aromatic carbocycles. The Kier molecular flexibility index (Phi) is 2.68. The van der Waals surface area contributed by atoms with Gasteiger partial charge in [-0.2, -0.15) is 0 Å². The van der Waals surface area contributed by atoms with Crippen molar-refractivity contribution >= 4 is 11.4 Å². The zero-order chi connectivity index (χ0) is 11.5. The lowest BCUT2D eigenvalue weighted by Gasteiger charge is -2.09. The molecule has 0 aliphatic rings. The number of hydrogen-bond donors (Lipinski definition) is 2. The van der Waals surface area contributed by atoms with Crippen LogP contribution in [0, 0.1) is 6.92 Å². The number of hydrogen-bond acceptors (Lipinski definition) is 3. The van der Waals surface area contributed by atoms with E-state index in [2.05, 4.69) is 0 Å². The summed E-state index contributed by atoms with van der Waals surface area (Å²) in [5.41, 5.74) is 13.9. The van der Waals surface area contributed by atoms with Crippen molar-refractivity contribution in [1.29, 1.82) is 0 Å². The molecule has 0 amide bonds. The predicted molar refractivity (Wildman–Crippen MR) is 66.5 cm³/mol. The van der Waals surface area contributed by atoms with E-state index < -0.39 is 0 Å². The number of rotatable bonds is 2. The largest absolute Gasteiger partial charge is 0.455 e. The molecule has 2 aromatic rings. The van der Waals surface area contributed by atoms with Gasteiger partial charge in [0, 0.05) is 5.69 Å². The molecule has 0 unspecified atom stereocenters. The van der Waals surface area contributed by atoms with E-state index in [4.69, 9.17) is 16.2 Å². The van der Waals surface area contributed by atoms with Crippen molar-refractivity contribution < 1.29 is 4.74 Å². The second-order valence-corrected chi connectivity index (χ2v) is 3.71. The second-order valence-electron chi connectivity index (χ2n) is 3.71. The number of benzene rings is 2. The SMILES string of the molecule is Cc1ccc(Oc2ccc(N)cc2)c(N)c1. The van der Waals surface area contributed by atoms with Crippen LogP contribution >= 0.6 is 0 Å². The predicted octanol–water partition coefficient (Wildman–Crippen LogP) is 2.95. The van der Waals surface area contributed by atoms with Gasteiger partial charge in [0.05, 0.1) is 5.69 Å². The van der Waals surface area contributed by atoms with Crippen LogP contribution in [0.2, 0.25) is 0 Å². The number of ether oxygens (including phenoxy) is 1. The van der Waals surface area contributed by atoms with Crippen LogP contribution in [0.15, 0.2) is 42.5 Å². The molecule has 0 saturated carbocycles. The fraction of sp³-hybridized carbons (Fsp3) is 0.0769. The molecule has 0 aliphatic heterocycles. The minimum Gasteiger partial charge on any atom is -0.455 e. The molecule has 0 fully saturated rings. The van der Waals surface area contributed by atoms with E-state index in [1.54, 1.807) is 12.1 Å².